The minimum absolute atomic E-state index is 0. The molecule has 1 aromatic rings. The summed E-state index contributed by atoms with van der Waals surface area (Å²) in [5.74, 6) is -1.47. The number of carboxylic acids is 1. The molecule has 0 amide bonds. The predicted octanol–water partition coefficient (Wildman–Crippen LogP) is 0.517. The van der Waals surface area contributed by atoms with Gasteiger partial charge in [0.1, 0.15) is 11.3 Å². The molecule has 0 heterocycles. The van der Waals surface area contributed by atoms with Gasteiger partial charge in [-0.3, -0.25) is 0 Å². The zero-order valence-corrected chi connectivity index (χ0v) is 8.53. The summed E-state index contributed by atoms with van der Waals surface area (Å²) < 4.78 is 0. The van der Waals surface area contributed by atoms with E-state index in [2.05, 4.69) is 0 Å². The number of nitrogen functional groups attached to an aromatic ring is 1. The van der Waals surface area contributed by atoms with Gasteiger partial charge in [0.2, 0.25) is 0 Å². The molecule has 1 rings (SSSR count). The Morgan fingerprint density at radius 2 is 2.08 bits per heavy atom. The van der Waals surface area contributed by atoms with E-state index in [1.165, 1.54) is 18.2 Å². The second kappa shape index (κ2) is 4.54. The molecule has 0 atom stereocenters. The summed E-state index contributed by atoms with van der Waals surface area (Å²) in [5.41, 5.74) is 5.48. The van der Waals surface area contributed by atoms with E-state index in [4.69, 9.17) is 15.9 Å². The molecule has 1 aromatic carbocycles. The van der Waals surface area contributed by atoms with Crippen LogP contribution in [0.5, 0.6) is 5.75 Å². The number of aromatic hydroxyl groups is 1. The van der Waals surface area contributed by atoms with Gasteiger partial charge in [-0.2, -0.15) is 0 Å². The van der Waals surface area contributed by atoms with Crippen LogP contribution in [0.4, 0.5) is 5.69 Å². The normalized spacial score (nSPS) is 8.67. The van der Waals surface area contributed by atoms with Crippen LogP contribution in [0.15, 0.2) is 18.2 Å². The predicted molar refractivity (Wildman–Crippen MR) is 47.5 cm³/mol. The zero-order valence-electron chi connectivity index (χ0n) is 8.32. The van der Waals surface area contributed by atoms with Crippen LogP contribution in [0.2, 0.25) is 0 Å². The Morgan fingerprint density at radius 3 is 2.50 bits per heavy atom. The third-order valence-corrected chi connectivity index (χ3v) is 1.25. The van der Waals surface area contributed by atoms with E-state index >= 15 is 0 Å². The van der Waals surface area contributed by atoms with Crippen molar-refractivity contribution in [3.05, 3.63) is 23.8 Å². The van der Waals surface area contributed by atoms with Crippen LogP contribution < -0.4 is 5.73 Å². The number of carbonyl (C=O) groups is 1. The summed E-state index contributed by atoms with van der Waals surface area (Å²) >= 11 is 0. The smallest absolute Gasteiger partial charge is 1.00 e. The Morgan fingerprint density at radius 1 is 1.50 bits per heavy atom. The fraction of sp³-hybridized carbons (Fsp3) is 0. The van der Waals surface area contributed by atoms with Gasteiger partial charge < -0.3 is 18.8 Å². The van der Waals surface area contributed by atoms with Crippen molar-refractivity contribution in [2.75, 3.05) is 5.73 Å². The van der Waals surface area contributed by atoms with Gasteiger partial charge in [-0.15, -0.1) is 0 Å². The van der Waals surface area contributed by atoms with E-state index in [0.29, 0.717) is 5.69 Å². The van der Waals surface area contributed by atoms with Crippen molar-refractivity contribution in [1.82, 2.24) is 0 Å². The van der Waals surface area contributed by atoms with E-state index in [1.807, 2.05) is 0 Å². The number of benzene rings is 1. The molecule has 0 radical (unpaired) electrons. The molecule has 0 aliphatic carbocycles. The SMILES string of the molecule is Nc1ccc(C(=O)O)c(O)c1.[Ca+2].[H-].[H-]. The topological polar surface area (TPSA) is 83.6 Å². The van der Waals surface area contributed by atoms with Crippen LogP contribution in [0, 0.1) is 0 Å². The van der Waals surface area contributed by atoms with Gasteiger partial charge in [-0.05, 0) is 12.1 Å². The quantitative estimate of drug-likeness (QED) is 0.450. The molecule has 4 N–H and O–H groups in total. The molecule has 0 spiro atoms. The molecular formula is C7H9CaNO3. The van der Waals surface area contributed by atoms with E-state index in [-0.39, 0.29) is 51.9 Å². The second-order valence-electron chi connectivity index (χ2n) is 2.08. The fourth-order valence-corrected chi connectivity index (χ4v) is 0.730. The number of hydrogen-bond donors (Lipinski definition) is 3. The first-order valence-corrected chi connectivity index (χ1v) is 2.93. The molecular weight excluding hydrogens is 186 g/mol. The van der Waals surface area contributed by atoms with Crippen molar-refractivity contribution in [3.63, 3.8) is 0 Å². The number of phenols is 1. The molecule has 0 aliphatic rings. The largest absolute Gasteiger partial charge is 2.00 e. The number of aromatic carboxylic acids is 1. The van der Waals surface area contributed by atoms with E-state index in [9.17, 15) is 4.79 Å². The Hall–Kier alpha value is -0.450. The first-order valence-electron chi connectivity index (χ1n) is 2.93. The molecule has 0 aromatic heterocycles. The molecule has 5 heteroatoms. The van der Waals surface area contributed by atoms with Gasteiger partial charge in [-0.1, -0.05) is 0 Å². The van der Waals surface area contributed by atoms with Crippen LogP contribution in [0.1, 0.15) is 13.2 Å². The van der Waals surface area contributed by atoms with Crippen molar-refractivity contribution in [2.45, 2.75) is 0 Å². The molecule has 0 saturated heterocycles. The number of nitrogens with two attached hydrogens (primary N) is 1. The summed E-state index contributed by atoms with van der Waals surface area (Å²) in [6, 6.07) is 3.87. The minimum atomic E-state index is -1.16. The third-order valence-electron chi connectivity index (χ3n) is 1.25. The van der Waals surface area contributed by atoms with Crippen molar-refractivity contribution in [2.24, 2.45) is 0 Å². The van der Waals surface area contributed by atoms with Crippen LogP contribution in [-0.2, 0) is 0 Å². The molecule has 4 nitrogen and oxygen atoms in total. The molecule has 0 fully saturated rings. The molecule has 12 heavy (non-hydrogen) atoms. The molecule has 0 saturated carbocycles. The van der Waals surface area contributed by atoms with Gasteiger partial charge >= 0.3 is 43.7 Å². The number of anilines is 1. The van der Waals surface area contributed by atoms with Gasteiger partial charge in [0.15, 0.2) is 0 Å². The van der Waals surface area contributed by atoms with E-state index < -0.39 is 5.97 Å². The minimum Gasteiger partial charge on any atom is -1.00 e. The molecule has 0 bridgehead atoms. The Bertz CT molecular complexity index is 309. The first-order chi connectivity index (χ1) is 5.11. The standard InChI is InChI=1S/C7H7NO3.Ca.2H/c8-4-1-2-5(7(10)11)6(9)3-4;;;/h1-3,9H,8H2,(H,10,11);;;/q;+2;2*-1. The van der Waals surface area contributed by atoms with Crippen molar-refractivity contribution in [1.29, 1.82) is 0 Å². The number of hydrogen-bond acceptors (Lipinski definition) is 3. The van der Waals surface area contributed by atoms with Gasteiger partial charge in [-0.25, -0.2) is 4.79 Å². The maximum absolute atomic E-state index is 10.3. The number of carboxylic acid groups (broad SMARTS) is 1. The van der Waals surface area contributed by atoms with Crippen LogP contribution in [0.25, 0.3) is 0 Å². The maximum atomic E-state index is 10.3. The zero-order chi connectivity index (χ0) is 8.43. The van der Waals surface area contributed by atoms with E-state index in [0.717, 1.165) is 0 Å². The fourth-order valence-electron chi connectivity index (χ4n) is 0.730. The van der Waals surface area contributed by atoms with Gasteiger partial charge in [0.05, 0.1) is 0 Å². The maximum Gasteiger partial charge on any atom is 2.00 e. The average molecular weight is 195 g/mol. The molecule has 0 aliphatic heterocycles. The van der Waals surface area contributed by atoms with Crippen molar-refractivity contribution < 1.29 is 17.9 Å². The summed E-state index contributed by atoms with van der Waals surface area (Å²) in [6.45, 7) is 0. The Labute approximate surface area is 102 Å². The van der Waals surface area contributed by atoms with Crippen LogP contribution >= 0.6 is 0 Å². The van der Waals surface area contributed by atoms with Crippen molar-refractivity contribution >= 4 is 49.4 Å². The third kappa shape index (κ3) is 2.55. The average Bonchev–Trinajstić information content (AvgIpc) is 1.85. The van der Waals surface area contributed by atoms with E-state index in [1.54, 1.807) is 0 Å². The summed E-state index contributed by atoms with van der Waals surface area (Å²) in [6.07, 6.45) is 0. The Kier molecular flexibility index (Phi) is 4.37. The second-order valence-corrected chi connectivity index (χ2v) is 2.08. The van der Waals surface area contributed by atoms with Gasteiger partial charge in [0, 0.05) is 11.8 Å². The number of rotatable bonds is 1. The van der Waals surface area contributed by atoms with Crippen LogP contribution in [-0.4, -0.2) is 53.9 Å². The van der Waals surface area contributed by atoms with Crippen molar-refractivity contribution in [3.8, 4) is 5.75 Å². The summed E-state index contributed by atoms with van der Waals surface area (Å²) in [4.78, 5) is 10.3. The first kappa shape index (κ1) is 11.5. The van der Waals surface area contributed by atoms with Crippen LogP contribution in [0.3, 0.4) is 0 Å². The van der Waals surface area contributed by atoms with Gasteiger partial charge in [0.25, 0.3) is 0 Å². The summed E-state index contributed by atoms with van der Waals surface area (Å²) in [5, 5.41) is 17.5. The summed E-state index contributed by atoms with van der Waals surface area (Å²) in [7, 11) is 0. The molecule has 62 valence electrons. The monoisotopic (exact) mass is 195 g/mol. The Balaban J connectivity index is -0.000000403. The molecule has 0 unspecified atom stereocenters.